The number of hydrogen-bond donors (Lipinski definition) is 1. The highest BCUT2D eigenvalue weighted by Crippen LogP contribution is 2.60. The fourth-order valence-corrected chi connectivity index (χ4v) is 6.73. The molecule has 7 nitrogen and oxygen atoms in total. The number of hydrogen-bond acceptors (Lipinski definition) is 6. The summed E-state index contributed by atoms with van der Waals surface area (Å²) in [5, 5.41) is 7.28. The van der Waals surface area contributed by atoms with Gasteiger partial charge in [-0.1, -0.05) is 5.16 Å². The fraction of sp³-hybridized carbons (Fsp3) is 0.680. The van der Waals surface area contributed by atoms with Crippen LogP contribution in [-0.4, -0.2) is 26.8 Å². The zero-order valence-electron chi connectivity index (χ0n) is 19.3. The van der Waals surface area contributed by atoms with Crippen LogP contribution >= 0.6 is 0 Å². The molecule has 4 saturated carbocycles. The molecule has 2 aromatic heterocycles. The molecule has 0 saturated heterocycles. The molecule has 4 bridgehead atoms. The second-order valence-electron chi connectivity index (χ2n) is 11.4. The molecule has 1 N–H and O–H groups in total. The van der Waals surface area contributed by atoms with Crippen molar-refractivity contribution < 1.29 is 14.1 Å². The smallest absolute Gasteiger partial charge is 0.408 e. The number of carbonyl (C=O) groups excluding carboxylic acids is 1. The summed E-state index contributed by atoms with van der Waals surface area (Å²) < 4.78 is 11.2. The van der Waals surface area contributed by atoms with Crippen LogP contribution in [0, 0.1) is 23.2 Å². The van der Waals surface area contributed by atoms with Gasteiger partial charge in [0.25, 0.3) is 0 Å². The Morgan fingerprint density at radius 1 is 1.16 bits per heavy atom. The number of aromatic nitrogens is 3. The SMILES string of the molecule is CC(C)(C)OC(=O)N[C@@H](Cc1ccncc1)c1nc(CC23CC4CC(CC(C4)C2)C3)no1. The molecule has 0 aromatic carbocycles. The van der Waals surface area contributed by atoms with Crippen molar-refractivity contribution in [1.29, 1.82) is 0 Å². The summed E-state index contributed by atoms with van der Waals surface area (Å²) in [6, 6.07) is 3.40. The summed E-state index contributed by atoms with van der Waals surface area (Å²) >= 11 is 0. The molecule has 1 atom stereocenters. The van der Waals surface area contributed by atoms with Crippen LogP contribution in [0.1, 0.15) is 82.6 Å². The molecule has 2 aromatic rings. The highest BCUT2D eigenvalue weighted by Gasteiger charge is 2.51. The van der Waals surface area contributed by atoms with Gasteiger partial charge in [0.05, 0.1) is 0 Å². The van der Waals surface area contributed by atoms with Gasteiger partial charge in [0.2, 0.25) is 5.89 Å². The van der Waals surface area contributed by atoms with E-state index in [1.165, 1.54) is 38.5 Å². The third-order valence-electron chi connectivity index (χ3n) is 7.36. The standard InChI is InChI=1S/C25H34N4O3/c1-24(2,3)31-23(30)27-20(11-16-4-6-26-7-5-16)22-28-21(29-32-22)15-25-12-17-8-18(13-25)10-19(9-17)14-25/h4-7,17-20H,8-15H2,1-3H3,(H,27,30)/t17?,18?,19?,20-,25?/m0/s1. The first-order valence-corrected chi connectivity index (χ1v) is 12.0. The van der Waals surface area contributed by atoms with Gasteiger partial charge in [0, 0.05) is 25.2 Å². The third-order valence-corrected chi connectivity index (χ3v) is 7.36. The third kappa shape index (κ3) is 4.81. The van der Waals surface area contributed by atoms with Crippen molar-refractivity contribution in [3.8, 4) is 0 Å². The van der Waals surface area contributed by atoms with Crippen LogP contribution in [0.15, 0.2) is 29.0 Å². The number of carbonyl (C=O) groups is 1. The zero-order chi connectivity index (χ0) is 22.3. The van der Waals surface area contributed by atoms with Crippen molar-refractivity contribution in [2.75, 3.05) is 0 Å². The largest absolute Gasteiger partial charge is 0.444 e. The van der Waals surface area contributed by atoms with Gasteiger partial charge >= 0.3 is 6.09 Å². The molecule has 172 valence electrons. The lowest BCUT2D eigenvalue weighted by Gasteiger charge is -2.56. The van der Waals surface area contributed by atoms with Crippen molar-refractivity contribution in [3.05, 3.63) is 41.8 Å². The molecule has 0 aliphatic heterocycles. The van der Waals surface area contributed by atoms with Crippen LogP contribution in [0.2, 0.25) is 0 Å². The zero-order valence-corrected chi connectivity index (χ0v) is 19.3. The highest BCUT2D eigenvalue weighted by atomic mass is 16.6. The Kier molecular flexibility index (Phi) is 5.46. The van der Waals surface area contributed by atoms with Crippen LogP contribution in [0.3, 0.4) is 0 Å². The molecule has 7 heteroatoms. The first-order chi connectivity index (χ1) is 15.3. The second kappa shape index (κ2) is 8.16. The van der Waals surface area contributed by atoms with Crippen LogP contribution in [-0.2, 0) is 17.6 Å². The van der Waals surface area contributed by atoms with Gasteiger partial charge in [-0.2, -0.15) is 4.98 Å². The highest BCUT2D eigenvalue weighted by molar-refractivity contribution is 5.68. The van der Waals surface area contributed by atoms with Crippen LogP contribution in [0.5, 0.6) is 0 Å². The fourth-order valence-electron chi connectivity index (χ4n) is 6.73. The molecule has 0 unspecified atom stereocenters. The van der Waals surface area contributed by atoms with Crippen molar-refractivity contribution in [3.63, 3.8) is 0 Å². The molecular weight excluding hydrogens is 404 g/mol. The average Bonchev–Trinajstić information content (AvgIpc) is 3.13. The monoisotopic (exact) mass is 438 g/mol. The number of nitrogens with one attached hydrogen (secondary N) is 1. The quantitative estimate of drug-likeness (QED) is 0.680. The van der Waals surface area contributed by atoms with Gasteiger partial charge < -0.3 is 14.6 Å². The first kappa shape index (κ1) is 21.4. The van der Waals surface area contributed by atoms with Gasteiger partial charge in [-0.15, -0.1) is 0 Å². The van der Waals surface area contributed by atoms with E-state index in [2.05, 4.69) is 15.5 Å². The summed E-state index contributed by atoms with van der Waals surface area (Å²) in [5.74, 6) is 3.88. The van der Waals surface area contributed by atoms with Crippen molar-refractivity contribution >= 4 is 6.09 Å². The summed E-state index contributed by atoms with van der Waals surface area (Å²) in [6.07, 6.45) is 12.6. The lowest BCUT2D eigenvalue weighted by atomic mass is 9.49. The van der Waals surface area contributed by atoms with Gasteiger partial charge in [-0.05, 0) is 100 Å². The van der Waals surface area contributed by atoms with E-state index < -0.39 is 17.7 Å². The van der Waals surface area contributed by atoms with E-state index in [1.54, 1.807) is 12.4 Å². The Labute approximate surface area is 189 Å². The maximum Gasteiger partial charge on any atom is 0.408 e. The molecule has 2 heterocycles. The molecule has 0 spiro atoms. The van der Waals surface area contributed by atoms with Gasteiger partial charge in [-0.25, -0.2) is 4.79 Å². The van der Waals surface area contributed by atoms with Crippen LogP contribution < -0.4 is 5.32 Å². The van der Waals surface area contributed by atoms with Gasteiger partial charge in [-0.3, -0.25) is 4.98 Å². The lowest BCUT2D eigenvalue weighted by Crippen LogP contribution is -2.47. The number of pyridine rings is 1. The van der Waals surface area contributed by atoms with E-state index in [4.69, 9.17) is 14.2 Å². The minimum Gasteiger partial charge on any atom is -0.444 e. The lowest BCUT2D eigenvalue weighted by molar-refractivity contribution is -0.0533. The molecule has 1 amide bonds. The van der Waals surface area contributed by atoms with E-state index in [0.29, 0.717) is 17.7 Å². The second-order valence-corrected chi connectivity index (χ2v) is 11.4. The minimum atomic E-state index is -0.580. The van der Waals surface area contributed by atoms with Gasteiger partial charge in [0.15, 0.2) is 5.82 Å². The number of amides is 1. The van der Waals surface area contributed by atoms with Crippen LogP contribution in [0.25, 0.3) is 0 Å². The molecule has 0 radical (unpaired) electrons. The number of rotatable bonds is 6. The van der Waals surface area contributed by atoms with Crippen LogP contribution in [0.4, 0.5) is 4.79 Å². The van der Waals surface area contributed by atoms with E-state index in [9.17, 15) is 4.79 Å². The molecule has 4 aliphatic rings. The van der Waals surface area contributed by atoms with Crippen molar-refractivity contribution in [1.82, 2.24) is 20.4 Å². The van der Waals surface area contributed by atoms with Crippen molar-refractivity contribution in [2.45, 2.75) is 83.8 Å². The normalized spacial score (nSPS) is 29.7. The number of nitrogens with zero attached hydrogens (tertiary/aromatic N) is 3. The summed E-state index contributed by atoms with van der Waals surface area (Å²) in [7, 11) is 0. The predicted octanol–water partition coefficient (Wildman–Crippen LogP) is 5.03. The molecule has 32 heavy (non-hydrogen) atoms. The van der Waals surface area contributed by atoms with E-state index in [0.717, 1.165) is 35.6 Å². The average molecular weight is 439 g/mol. The molecule has 4 aliphatic carbocycles. The minimum absolute atomic E-state index is 0.342. The van der Waals surface area contributed by atoms with E-state index >= 15 is 0 Å². The van der Waals surface area contributed by atoms with E-state index in [-0.39, 0.29) is 0 Å². The summed E-state index contributed by atoms with van der Waals surface area (Å²) in [6.45, 7) is 5.54. The topological polar surface area (TPSA) is 90.1 Å². The Morgan fingerprint density at radius 3 is 2.38 bits per heavy atom. The summed E-state index contributed by atoms with van der Waals surface area (Å²) in [5.41, 5.74) is 0.792. The Balaban J connectivity index is 1.32. The van der Waals surface area contributed by atoms with Crippen molar-refractivity contribution in [2.24, 2.45) is 23.2 Å². The first-order valence-electron chi connectivity index (χ1n) is 12.0. The summed E-state index contributed by atoms with van der Waals surface area (Å²) in [4.78, 5) is 21.4. The Hall–Kier alpha value is -2.44. The maximum atomic E-state index is 12.5. The van der Waals surface area contributed by atoms with E-state index in [1.807, 2.05) is 32.9 Å². The number of alkyl carbamates (subject to hydrolysis) is 1. The number of ether oxygens (including phenoxy) is 1. The van der Waals surface area contributed by atoms with Gasteiger partial charge in [0.1, 0.15) is 11.6 Å². The molecule has 4 fully saturated rings. The molecule has 6 rings (SSSR count). The molecular formula is C25H34N4O3. The Bertz CT molecular complexity index is 914. The predicted molar refractivity (Wildman–Crippen MR) is 119 cm³/mol. The maximum absolute atomic E-state index is 12.5. The Morgan fingerprint density at radius 2 is 1.78 bits per heavy atom.